The Balaban J connectivity index is 1.46. The van der Waals surface area contributed by atoms with E-state index < -0.39 is 0 Å². The van der Waals surface area contributed by atoms with Crippen LogP contribution in [0.5, 0.6) is 5.75 Å². The van der Waals surface area contributed by atoms with Gasteiger partial charge >= 0.3 is 0 Å². The number of aromatic nitrogens is 4. The summed E-state index contributed by atoms with van der Waals surface area (Å²) in [5.41, 5.74) is 7.50. The van der Waals surface area contributed by atoms with Crippen molar-refractivity contribution >= 4 is 22.6 Å². The Morgan fingerprint density at radius 3 is 3.11 bits per heavy atom. The average Bonchev–Trinajstić information content (AvgIpc) is 3.43. The molecule has 28 heavy (non-hydrogen) atoms. The fourth-order valence-corrected chi connectivity index (χ4v) is 4.63. The number of nitrogens with one attached hydrogen (secondary N) is 3. The lowest BCUT2D eigenvalue weighted by Gasteiger charge is -2.16. The summed E-state index contributed by atoms with van der Waals surface area (Å²) in [7, 11) is 0. The van der Waals surface area contributed by atoms with Gasteiger partial charge in [0.25, 0.3) is 0 Å². The van der Waals surface area contributed by atoms with Gasteiger partial charge in [0.15, 0.2) is 0 Å². The second kappa shape index (κ2) is 6.09. The molecule has 1 unspecified atom stereocenters. The van der Waals surface area contributed by atoms with Crippen LogP contribution in [0.25, 0.3) is 22.2 Å². The second-order valence-corrected chi connectivity index (χ2v) is 7.78. The van der Waals surface area contributed by atoms with Crippen molar-refractivity contribution in [1.82, 2.24) is 25.5 Å². The molecule has 3 N–H and O–H groups in total. The fourth-order valence-electron chi connectivity index (χ4n) is 4.39. The lowest BCUT2D eigenvalue weighted by Crippen LogP contribution is -2.24. The van der Waals surface area contributed by atoms with Gasteiger partial charge in [-0.05, 0) is 29.8 Å². The maximum atomic E-state index is 6.48. The van der Waals surface area contributed by atoms with Crippen molar-refractivity contribution in [2.24, 2.45) is 0 Å². The average molecular weight is 392 g/mol. The van der Waals surface area contributed by atoms with Crippen molar-refractivity contribution < 1.29 is 4.74 Å². The SMILES string of the molecule is Clc1cc2c(c(-c3ccnc4[nH]ccc34)c1)OC(c1n[nH]c3c1CNCC3)C2. The third-order valence-electron chi connectivity index (χ3n) is 5.69. The number of aromatic amines is 2. The number of halogens is 1. The summed E-state index contributed by atoms with van der Waals surface area (Å²) in [6.45, 7) is 1.81. The Hall–Kier alpha value is -2.83. The van der Waals surface area contributed by atoms with Crippen LogP contribution >= 0.6 is 11.6 Å². The Bertz CT molecular complexity index is 1210. The smallest absolute Gasteiger partial charge is 0.147 e. The van der Waals surface area contributed by atoms with Gasteiger partial charge in [-0.3, -0.25) is 5.10 Å². The van der Waals surface area contributed by atoms with Gasteiger partial charge in [0.1, 0.15) is 23.2 Å². The maximum absolute atomic E-state index is 6.48. The molecule has 1 atom stereocenters. The van der Waals surface area contributed by atoms with E-state index in [1.807, 2.05) is 36.7 Å². The summed E-state index contributed by atoms with van der Waals surface area (Å²) >= 11 is 6.48. The number of benzene rings is 1. The molecule has 0 saturated heterocycles. The topological polar surface area (TPSA) is 78.6 Å². The van der Waals surface area contributed by atoms with E-state index in [0.717, 1.165) is 65.1 Å². The molecule has 4 aromatic rings. The zero-order valence-corrected chi connectivity index (χ0v) is 15.8. The molecule has 5 heterocycles. The normalized spacial score (nSPS) is 18.1. The van der Waals surface area contributed by atoms with E-state index in [2.05, 4.69) is 25.5 Å². The first-order valence-corrected chi connectivity index (χ1v) is 9.84. The summed E-state index contributed by atoms with van der Waals surface area (Å²) in [6, 6.07) is 8.03. The summed E-state index contributed by atoms with van der Waals surface area (Å²) in [4.78, 5) is 7.57. The molecule has 0 saturated carbocycles. The summed E-state index contributed by atoms with van der Waals surface area (Å²) in [6.07, 6.45) is 5.35. The molecule has 6 rings (SSSR count). The summed E-state index contributed by atoms with van der Waals surface area (Å²) < 4.78 is 6.48. The van der Waals surface area contributed by atoms with Crippen LogP contribution in [0.3, 0.4) is 0 Å². The largest absolute Gasteiger partial charge is 0.483 e. The van der Waals surface area contributed by atoms with Crippen LogP contribution in [0.4, 0.5) is 0 Å². The molecule has 0 radical (unpaired) electrons. The maximum Gasteiger partial charge on any atom is 0.147 e. The number of H-pyrrole nitrogens is 2. The molecule has 2 aliphatic heterocycles. The number of fused-ring (bicyclic) bond motifs is 3. The second-order valence-electron chi connectivity index (χ2n) is 7.34. The van der Waals surface area contributed by atoms with Crippen molar-refractivity contribution in [3.05, 3.63) is 64.2 Å². The Labute approximate surface area is 166 Å². The van der Waals surface area contributed by atoms with Crippen LogP contribution < -0.4 is 10.1 Å². The molecular formula is C21H18ClN5O. The minimum Gasteiger partial charge on any atom is -0.483 e. The minimum absolute atomic E-state index is 0.101. The standard InChI is InChI=1S/C21H18ClN5O/c22-12-7-11-8-18(19-16-10-23-4-3-17(16)26-27-19)28-20(11)15(9-12)13-1-5-24-21-14(13)2-6-25-21/h1-2,5-7,9,18,23H,3-4,8,10H2,(H,24,25)(H,26,27). The van der Waals surface area contributed by atoms with Crippen molar-refractivity contribution in [2.45, 2.75) is 25.5 Å². The van der Waals surface area contributed by atoms with Crippen molar-refractivity contribution in [3.63, 3.8) is 0 Å². The van der Waals surface area contributed by atoms with Gasteiger partial charge in [-0.15, -0.1) is 0 Å². The quantitative estimate of drug-likeness (QED) is 0.483. The van der Waals surface area contributed by atoms with Crippen LogP contribution in [-0.4, -0.2) is 26.7 Å². The molecule has 0 bridgehead atoms. The third kappa shape index (κ3) is 2.38. The van der Waals surface area contributed by atoms with Gasteiger partial charge in [-0.2, -0.15) is 5.10 Å². The van der Waals surface area contributed by atoms with Crippen LogP contribution in [0.15, 0.2) is 36.7 Å². The van der Waals surface area contributed by atoms with Crippen LogP contribution in [0, 0.1) is 0 Å². The number of hydrogen-bond acceptors (Lipinski definition) is 4. The lowest BCUT2D eigenvalue weighted by atomic mass is 9.98. The van der Waals surface area contributed by atoms with Gasteiger partial charge < -0.3 is 15.0 Å². The monoisotopic (exact) mass is 391 g/mol. The molecule has 3 aromatic heterocycles. The summed E-state index contributed by atoms with van der Waals surface area (Å²) in [5.74, 6) is 0.892. The molecule has 1 aromatic carbocycles. The van der Waals surface area contributed by atoms with Gasteiger partial charge in [0.2, 0.25) is 0 Å². The highest BCUT2D eigenvalue weighted by Gasteiger charge is 2.32. The Morgan fingerprint density at radius 2 is 2.14 bits per heavy atom. The van der Waals surface area contributed by atoms with E-state index in [1.54, 1.807) is 0 Å². The molecule has 140 valence electrons. The number of ether oxygens (including phenoxy) is 1. The molecule has 2 aliphatic rings. The van der Waals surface area contributed by atoms with Crippen LogP contribution in [0.2, 0.25) is 5.02 Å². The zero-order valence-electron chi connectivity index (χ0n) is 15.1. The fraction of sp³-hybridized carbons (Fsp3) is 0.238. The highest BCUT2D eigenvalue weighted by molar-refractivity contribution is 6.31. The zero-order chi connectivity index (χ0) is 18.7. The number of hydrogen-bond donors (Lipinski definition) is 3. The van der Waals surface area contributed by atoms with Gasteiger partial charge in [0, 0.05) is 71.1 Å². The first kappa shape index (κ1) is 16.2. The number of rotatable bonds is 2. The molecule has 0 fully saturated rings. The van der Waals surface area contributed by atoms with Gasteiger partial charge in [-0.1, -0.05) is 11.6 Å². The third-order valence-corrected chi connectivity index (χ3v) is 5.91. The molecule has 0 spiro atoms. The number of pyridine rings is 1. The highest BCUT2D eigenvalue weighted by atomic mass is 35.5. The predicted octanol–water partition coefficient (Wildman–Crippen LogP) is 3.93. The number of nitrogens with zero attached hydrogens (tertiary/aromatic N) is 2. The molecule has 0 amide bonds. The van der Waals surface area contributed by atoms with E-state index in [-0.39, 0.29) is 6.10 Å². The lowest BCUT2D eigenvalue weighted by molar-refractivity contribution is 0.232. The Morgan fingerprint density at radius 1 is 1.18 bits per heavy atom. The molecule has 6 nitrogen and oxygen atoms in total. The Kier molecular flexibility index (Phi) is 3.51. The molecule has 7 heteroatoms. The van der Waals surface area contributed by atoms with Crippen molar-refractivity contribution in [3.8, 4) is 16.9 Å². The van der Waals surface area contributed by atoms with E-state index in [4.69, 9.17) is 16.3 Å². The highest BCUT2D eigenvalue weighted by Crippen LogP contribution is 2.46. The molecule has 0 aliphatic carbocycles. The van der Waals surface area contributed by atoms with Crippen molar-refractivity contribution in [1.29, 1.82) is 0 Å². The first-order valence-electron chi connectivity index (χ1n) is 9.46. The molecular weight excluding hydrogens is 374 g/mol. The van der Waals surface area contributed by atoms with Crippen LogP contribution in [0.1, 0.15) is 28.6 Å². The van der Waals surface area contributed by atoms with Gasteiger partial charge in [0.05, 0.1) is 0 Å². The van der Waals surface area contributed by atoms with E-state index in [1.165, 1.54) is 11.3 Å². The van der Waals surface area contributed by atoms with E-state index >= 15 is 0 Å². The summed E-state index contributed by atoms with van der Waals surface area (Å²) in [5, 5.41) is 13.0. The van der Waals surface area contributed by atoms with Crippen LogP contribution in [-0.2, 0) is 19.4 Å². The van der Waals surface area contributed by atoms with E-state index in [0.29, 0.717) is 5.02 Å². The first-order chi connectivity index (χ1) is 13.8. The predicted molar refractivity (Wildman–Crippen MR) is 108 cm³/mol. The van der Waals surface area contributed by atoms with Crippen molar-refractivity contribution in [2.75, 3.05) is 6.54 Å². The van der Waals surface area contributed by atoms with E-state index in [9.17, 15) is 0 Å². The minimum atomic E-state index is -0.101. The van der Waals surface area contributed by atoms with Gasteiger partial charge in [-0.25, -0.2) is 4.98 Å².